The van der Waals surface area contributed by atoms with Gasteiger partial charge in [0.25, 0.3) is 0 Å². The summed E-state index contributed by atoms with van der Waals surface area (Å²) in [5.41, 5.74) is 3.56. The van der Waals surface area contributed by atoms with Gasteiger partial charge in [-0.3, -0.25) is 0 Å². The highest BCUT2D eigenvalue weighted by Crippen LogP contribution is 2.29. The molecule has 0 saturated heterocycles. The number of nitrogens with one attached hydrogen (secondary N) is 1. The van der Waals surface area contributed by atoms with Gasteiger partial charge in [0.1, 0.15) is 6.61 Å². The van der Waals surface area contributed by atoms with Crippen molar-refractivity contribution in [2.45, 2.75) is 27.0 Å². The van der Waals surface area contributed by atoms with E-state index in [0.717, 1.165) is 35.7 Å². The lowest BCUT2D eigenvalue weighted by Gasteiger charge is -2.14. The van der Waals surface area contributed by atoms with Crippen LogP contribution in [0.2, 0.25) is 0 Å². The third-order valence-electron chi connectivity index (χ3n) is 3.44. The normalized spacial score (nSPS) is 10.3. The molecule has 0 aliphatic heterocycles. The van der Waals surface area contributed by atoms with Crippen molar-refractivity contribution in [3.63, 3.8) is 0 Å². The molecule has 2 rings (SSSR count). The second-order valence-electron chi connectivity index (χ2n) is 5.41. The summed E-state index contributed by atoms with van der Waals surface area (Å²) in [6, 6.07) is 14.4. The van der Waals surface area contributed by atoms with E-state index < -0.39 is 0 Å². The zero-order chi connectivity index (χ0) is 16.5. The minimum Gasteiger partial charge on any atom is -0.490 e. The number of hydrogen-bond acceptors (Lipinski definition) is 3. The third-order valence-corrected chi connectivity index (χ3v) is 3.44. The maximum atomic E-state index is 5.93. The molecule has 0 heterocycles. The van der Waals surface area contributed by atoms with Gasteiger partial charge in [0.2, 0.25) is 0 Å². The first-order valence-corrected chi connectivity index (χ1v) is 7.98. The van der Waals surface area contributed by atoms with Gasteiger partial charge in [0.15, 0.2) is 11.5 Å². The number of rotatable bonds is 9. The van der Waals surface area contributed by atoms with Crippen molar-refractivity contribution < 1.29 is 9.47 Å². The molecule has 0 aliphatic rings. The van der Waals surface area contributed by atoms with Crippen LogP contribution in [-0.4, -0.2) is 13.2 Å². The summed E-state index contributed by atoms with van der Waals surface area (Å²) in [6.07, 6.45) is 1.85. The van der Waals surface area contributed by atoms with Gasteiger partial charge < -0.3 is 14.8 Å². The van der Waals surface area contributed by atoms with Crippen LogP contribution in [0.1, 0.15) is 23.6 Å². The topological polar surface area (TPSA) is 30.5 Å². The van der Waals surface area contributed by atoms with Crippen molar-refractivity contribution >= 4 is 0 Å². The molecule has 0 bridgehead atoms. The number of benzene rings is 2. The Labute approximate surface area is 138 Å². The van der Waals surface area contributed by atoms with Gasteiger partial charge in [-0.2, -0.15) is 0 Å². The van der Waals surface area contributed by atoms with E-state index in [4.69, 9.17) is 9.47 Å². The minimum atomic E-state index is 0.536. The largest absolute Gasteiger partial charge is 0.490 e. The van der Waals surface area contributed by atoms with Crippen molar-refractivity contribution in [3.05, 3.63) is 71.8 Å². The summed E-state index contributed by atoms with van der Waals surface area (Å²) >= 11 is 0. The van der Waals surface area contributed by atoms with Gasteiger partial charge in [-0.25, -0.2) is 0 Å². The second-order valence-corrected chi connectivity index (χ2v) is 5.41. The summed E-state index contributed by atoms with van der Waals surface area (Å²) < 4.78 is 11.7. The summed E-state index contributed by atoms with van der Waals surface area (Å²) in [6.45, 7) is 10.5. The molecular formula is C20H25NO2. The quantitative estimate of drug-likeness (QED) is 0.555. The predicted molar refractivity (Wildman–Crippen MR) is 95.0 cm³/mol. The highest BCUT2D eigenvalue weighted by molar-refractivity contribution is 5.43. The van der Waals surface area contributed by atoms with Gasteiger partial charge in [-0.1, -0.05) is 42.0 Å². The minimum absolute atomic E-state index is 0.536. The van der Waals surface area contributed by atoms with Crippen LogP contribution in [0.25, 0.3) is 0 Å². The molecule has 0 amide bonds. The van der Waals surface area contributed by atoms with Crippen molar-refractivity contribution in [1.29, 1.82) is 0 Å². The van der Waals surface area contributed by atoms with E-state index in [2.05, 4.69) is 49.2 Å². The average molecular weight is 311 g/mol. The van der Waals surface area contributed by atoms with E-state index in [9.17, 15) is 0 Å². The number of ether oxygens (including phenoxy) is 2. The molecule has 3 nitrogen and oxygen atoms in total. The van der Waals surface area contributed by atoms with E-state index in [1.807, 2.05) is 25.1 Å². The van der Waals surface area contributed by atoms with Crippen LogP contribution >= 0.6 is 0 Å². The van der Waals surface area contributed by atoms with E-state index in [1.54, 1.807) is 0 Å². The van der Waals surface area contributed by atoms with Crippen LogP contribution in [0.5, 0.6) is 11.5 Å². The Morgan fingerprint density at radius 3 is 2.43 bits per heavy atom. The summed E-state index contributed by atoms with van der Waals surface area (Å²) in [5, 5.41) is 3.29. The Morgan fingerprint density at radius 1 is 1.00 bits per heavy atom. The van der Waals surface area contributed by atoms with Crippen molar-refractivity contribution in [2.75, 3.05) is 13.2 Å². The summed E-state index contributed by atoms with van der Waals surface area (Å²) in [7, 11) is 0. The Morgan fingerprint density at radius 2 is 1.74 bits per heavy atom. The lowest BCUT2D eigenvalue weighted by Crippen LogP contribution is -2.12. The van der Waals surface area contributed by atoms with Crippen molar-refractivity contribution in [2.24, 2.45) is 0 Å². The monoisotopic (exact) mass is 311 g/mol. The average Bonchev–Trinajstić information content (AvgIpc) is 2.56. The molecule has 1 N–H and O–H groups in total. The smallest absolute Gasteiger partial charge is 0.161 e. The van der Waals surface area contributed by atoms with Crippen LogP contribution in [0.15, 0.2) is 55.1 Å². The summed E-state index contributed by atoms with van der Waals surface area (Å²) in [4.78, 5) is 0. The van der Waals surface area contributed by atoms with Crippen LogP contribution in [-0.2, 0) is 13.2 Å². The second kappa shape index (κ2) is 9.01. The maximum absolute atomic E-state index is 5.93. The molecular weight excluding hydrogens is 286 g/mol. The molecule has 0 spiro atoms. The van der Waals surface area contributed by atoms with E-state index in [0.29, 0.717) is 13.2 Å². The Hall–Kier alpha value is -2.26. The van der Waals surface area contributed by atoms with Gasteiger partial charge in [-0.05, 0) is 37.1 Å². The molecule has 0 aromatic heterocycles. The Bertz CT molecular complexity index is 620. The molecule has 2 aromatic carbocycles. The van der Waals surface area contributed by atoms with Crippen molar-refractivity contribution in [1.82, 2.24) is 5.32 Å². The first-order chi connectivity index (χ1) is 11.2. The standard InChI is InChI=1S/C20H25NO2/c1-4-12-21-14-18-10-11-19(20(13-18)22-5-2)23-15-17-8-6-16(3)7-9-17/h4,6-11,13,21H,1,5,12,14-15H2,2-3H3. The van der Waals surface area contributed by atoms with E-state index in [1.165, 1.54) is 5.56 Å². The Kier molecular flexibility index (Phi) is 6.70. The molecule has 0 unspecified atom stereocenters. The molecule has 0 radical (unpaired) electrons. The van der Waals surface area contributed by atoms with Crippen LogP contribution < -0.4 is 14.8 Å². The molecule has 0 aliphatic carbocycles. The molecule has 23 heavy (non-hydrogen) atoms. The lowest BCUT2D eigenvalue weighted by molar-refractivity contribution is 0.269. The molecule has 122 valence electrons. The summed E-state index contributed by atoms with van der Waals surface area (Å²) in [5.74, 6) is 1.57. The van der Waals surface area contributed by atoms with Crippen LogP contribution in [0.3, 0.4) is 0 Å². The fourth-order valence-corrected chi connectivity index (χ4v) is 2.21. The van der Waals surface area contributed by atoms with Gasteiger partial charge >= 0.3 is 0 Å². The van der Waals surface area contributed by atoms with Gasteiger partial charge in [0, 0.05) is 13.1 Å². The molecule has 0 fully saturated rings. The zero-order valence-corrected chi connectivity index (χ0v) is 14.0. The van der Waals surface area contributed by atoms with Crippen molar-refractivity contribution in [3.8, 4) is 11.5 Å². The van der Waals surface area contributed by atoms with Crippen LogP contribution in [0, 0.1) is 6.92 Å². The predicted octanol–water partition coefficient (Wildman–Crippen LogP) is 4.25. The number of aryl methyl sites for hydroxylation is 1. The lowest BCUT2D eigenvalue weighted by atomic mass is 10.1. The van der Waals surface area contributed by atoms with E-state index in [-0.39, 0.29) is 0 Å². The van der Waals surface area contributed by atoms with Crippen LogP contribution in [0.4, 0.5) is 0 Å². The van der Waals surface area contributed by atoms with Gasteiger partial charge in [-0.15, -0.1) is 6.58 Å². The highest BCUT2D eigenvalue weighted by atomic mass is 16.5. The van der Waals surface area contributed by atoms with E-state index >= 15 is 0 Å². The SMILES string of the molecule is C=CCNCc1ccc(OCc2ccc(C)cc2)c(OCC)c1. The zero-order valence-electron chi connectivity index (χ0n) is 14.0. The number of hydrogen-bond donors (Lipinski definition) is 1. The fraction of sp³-hybridized carbons (Fsp3) is 0.300. The molecule has 3 heteroatoms. The van der Waals surface area contributed by atoms with Gasteiger partial charge in [0.05, 0.1) is 6.61 Å². The first kappa shape index (κ1) is 17.1. The maximum Gasteiger partial charge on any atom is 0.161 e. The molecule has 0 atom stereocenters. The fourth-order valence-electron chi connectivity index (χ4n) is 2.21. The first-order valence-electron chi connectivity index (χ1n) is 7.98. The Balaban J connectivity index is 2.04. The highest BCUT2D eigenvalue weighted by Gasteiger charge is 2.07. The third kappa shape index (κ3) is 5.46. The molecule has 2 aromatic rings. The molecule has 0 saturated carbocycles.